The third-order valence-electron chi connectivity index (χ3n) is 6.60. The molecule has 0 aromatic heterocycles. The number of epoxide rings is 4. The molecule has 4 aliphatic heterocycles. The Morgan fingerprint density at radius 3 is 1.41 bits per heavy atom. The summed E-state index contributed by atoms with van der Waals surface area (Å²) >= 11 is 10.7. The molecule has 0 aliphatic carbocycles. The Morgan fingerprint density at radius 2 is 1.09 bits per heavy atom. The number of hydrogen-bond donors (Lipinski definition) is 0. The van der Waals surface area contributed by atoms with Gasteiger partial charge in [0.05, 0.1) is 58.2 Å². The number of hydrogen-bond acceptors (Lipinski definition) is 7. The van der Waals surface area contributed by atoms with E-state index < -0.39 is 0 Å². The molecule has 0 radical (unpaired) electrons. The Labute approximate surface area is 225 Å². The molecule has 4 saturated heterocycles. The molecule has 1 aromatic rings. The zero-order valence-corrected chi connectivity index (χ0v) is 24.6. The van der Waals surface area contributed by atoms with Gasteiger partial charge >= 0.3 is 0 Å². The van der Waals surface area contributed by atoms with Crippen LogP contribution in [0.4, 0.5) is 0 Å². The maximum atomic E-state index is 14.4. The van der Waals surface area contributed by atoms with Crippen molar-refractivity contribution in [3.05, 3.63) is 31.1 Å². The van der Waals surface area contributed by atoms with Gasteiger partial charge in [-0.15, -0.1) is 0 Å². The summed E-state index contributed by atoms with van der Waals surface area (Å²) in [6, 6.07) is 3.71. The van der Waals surface area contributed by atoms with Crippen molar-refractivity contribution in [2.75, 3.05) is 52.6 Å². The second-order valence-electron chi connectivity index (χ2n) is 10.9. The molecule has 0 N–H and O–H groups in total. The first-order chi connectivity index (χ1) is 15.8. The number of carbonyl (C=O) groups excluding carboxylic acids is 1. The van der Waals surface area contributed by atoms with Gasteiger partial charge in [0.15, 0.2) is 0 Å². The molecule has 4 atom stereocenters. The Bertz CT molecular complexity index is 908. The maximum absolute atomic E-state index is 14.4. The van der Waals surface area contributed by atoms with Crippen molar-refractivity contribution in [1.29, 1.82) is 0 Å². The number of hydrazine groups is 2. The van der Waals surface area contributed by atoms with Crippen LogP contribution in [0.15, 0.2) is 25.6 Å². The summed E-state index contributed by atoms with van der Waals surface area (Å²) in [5, 5.41) is 5.96. The molecule has 34 heavy (non-hydrogen) atoms. The lowest BCUT2D eigenvalue weighted by Crippen LogP contribution is -2.62. The van der Waals surface area contributed by atoms with Gasteiger partial charge in [0.2, 0.25) is 0 Å². The smallest absolute Gasteiger partial charge is 0.284 e. The van der Waals surface area contributed by atoms with Crippen LogP contribution in [0.1, 0.15) is 38.1 Å². The minimum Gasteiger partial charge on any atom is -0.368 e. The van der Waals surface area contributed by atoms with E-state index in [4.69, 9.17) is 18.9 Å². The first-order valence-corrected chi connectivity index (χ1v) is 13.7. The molecule has 4 heterocycles. The highest BCUT2D eigenvalue weighted by Crippen LogP contribution is 2.39. The molecule has 8 nitrogen and oxygen atoms in total. The monoisotopic (exact) mass is 665 g/mol. The van der Waals surface area contributed by atoms with Gasteiger partial charge in [0.1, 0.15) is 22.4 Å². The number of ether oxygens (including phenoxy) is 4. The first-order valence-electron chi connectivity index (χ1n) is 11.4. The van der Waals surface area contributed by atoms with E-state index in [2.05, 4.69) is 85.5 Å². The highest BCUT2D eigenvalue weighted by molar-refractivity contribution is 9.14. The van der Waals surface area contributed by atoms with Gasteiger partial charge in [-0.3, -0.25) is 4.79 Å². The standard InChI is InChI=1S/C23H30Br3N3O5/c1-20(11-31-20)7-27(8-21(2)12-32-21)29(19(30)15-5-6-16(24)18(26)17(15)25)28(9-22(3)13-33-22)10-23(4)14-34-23/h5-6H,7-14H2,1-4H3. The maximum Gasteiger partial charge on any atom is 0.284 e. The molecule has 1 aromatic carbocycles. The van der Waals surface area contributed by atoms with Crippen molar-refractivity contribution < 1.29 is 23.7 Å². The summed E-state index contributed by atoms with van der Waals surface area (Å²) < 4.78 is 25.4. The zero-order valence-electron chi connectivity index (χ0n) is 19.8. The van der Waals surface area contributed by atoms with Crippen LogP contribution in [0.2, 0.25) is 0 Å². The molecule has 4 aliphatic rings. The molecule has 5 rings (SSSR count). The highest BCUT2D eigenvalue weighted by Gasteiger charge is 2.52. The van der Waals surface area contributed by atoms with Crippen molar-refractivity contribution in [3.8, 4) is 0 Å². The van der Waals surface area contributed by atoms with Crippen LogP contribution in [-0.4, -0.2) is 96.1 Å². The van der Waals surface area contributed by atoms with Crippen molar-refractivity contribution >= 4 is 53.7 Å². The Balaban J connectivity index is 1.55. The van der Waals surface area contributed by atoms with Crippen LogP contribution in [0.3, 0.4) is 0 Å². The van der Waals surface area contributed by atoms with Crippen LogP contribution in [0, 0.1) is 0 Å². The zero-order chi connectivity index (χ0) is 24.5. The lowest BCUT2D eigenvalue weighted by Gasteiger charge is -2.44. The molecule has 1 amide bonds. The minimum absolute atomic E-state index is 0.137. The van der Waals surface area contributed by atoms with Gasteiger partial charge in [-0.1, -0.05) is 0 Å². The molecule has 11 heteroatoms. The fraction of sp³-hybridized carbons (Fsp3) is 0.696. The van der Waals surface area contributed by atoms with E-state index in [9.17, 15) is 4.79 Å². The quantitative estimate of drug-likeness (QED) is 0.201. The Kier molecular flexibility index (Phi) is 6.56. The van der Waals surface area contributed by atoms with E-state index in [0.29, 0.717) is 62.6 Å². The highest BCUT2D eigenvalue weighted by atomic mass is 79.9. The van der Waals surface area contributed by atoms with Crippen LogP contribution in [0.25, 0.3) is 0 Å². The molecule has 0 bridgehead atoms. The van der Waals surface area contributed by atoms with Crippen LogP contribution < -0.4 is 0 Å². The molecule has 0 spiro atoms. The number of amides is 1. The lowest BCUT2D eigenvalue weighted by atomic mass is 10.1. The summed E-state index contributed by atoms with van der Waals surface area (Å²) in [7, 11) is 0. The summed E-state index contributed by atoms with van der Waals surface area (Å²) in [6.07, 6.45) is 0. The molecule has 188 valence electrons. The van der Waals surface area contributed by atoms with Crippen LogP contribution >= 0.6 is 47.8 Å². The normalized spacial score (nSPS) is 35.6. The predicted octanol–water partition coefficient (Wildman–Crippen LogP) is 4.01. The second-order valence-corrected chi connectivity index (χ2v) is 13.4. The largest absolute Gasteiger partial charge is 0.368 e. The van der Waals surface area contributed by atoms with E-state index in [1.165, 1.54) is 0 Å². The third-order valence-corrected chi connectivity index (χ3v) is 9.97. The molecular formula is C23H30Br3N3O5. The Morgan fingerprint density at radius 1 is 0.735 bits per heavy atom. The van der Waals surface area contributed by atoms with Gasteiger partial charge < -0.3 is 18.9 Å². The van der Waals surface area contributed by atoms with E-state index in [1.807, 2.05) is 12.1 Å². The van der Waals surface area contributed by atoms with Gasteiger partial charge in [-0.25, -0.2) is 0 Å². The van der Waals surface area contributed by atoms with E-state index in [-0.39, 0.29) is 28.3 Å². The number of benzene rings is 1. The first kappa shape index (κ1) is 25.5. The SMILES string of the molecule is CC1(CN(CC2(C)CO2)N(C(=O)c2ccc(Br)c(Br)c2Br)N(CC2(C)CO2)CC2(C)CO2)CO1. The van der Waals surface area contributed by atoms with E-state index in [1.54, 1.807) is 5.12 Å². The second kappa shape index (κ2) is 8.73. The number of carbonyl (C=O) groups is 1. The van der Waals surface area contributed by atoms with Crippen LogP contribution in [0.5, 0.6) is 0 Å². The fourth-order valence-corrected chi connectivity index (χ4v) is 5.47. The summed E-state index contributed by atoms with van der Waals surface area (Å²) in [4.78, 5) is 14.4. The van der Waals surface area contributed by atoms with Gasteiger partial charge in [-0.2, -0.15) is 15.1 Å². The predicted molar refractivity (Wildman–Crippen MR) is 136 cm³/mol. The van der Waals surface area contributed by atoms with Crippen molar-refractivity contribution in [1.82, 2.24) is 15.1 Å². The average Bonchev–Trinajstić information content (AvgIpc) is 3.59. The third kappa shape index (κ3) is 5.73. The average molecular weight is 668 g/mol. The van der Waals surface area contributed by atoms with Crippen LogP contribution in [-0.2, 0) is 18.9 Å². The summed E-state index contributed by atoms with van der Waals surface area (Å²) in [5.74, 6) is -0.137. The topological polar surface area (TPSA) is 76.9 Å². The Hall–Kier alpha value is -0.110. The molecule has 4 fully saturated rings. The molecular weight excluding hydrogens is 638 g/mol. The van der Waals surface area contributed by atoms with Gasteiger partial charge in [0, 0.05) is 13.4 Å². The number of rotatable bonds is 11. The summed E-state index contributed by atoms with van der Waals surface area (Å²) in [5.41, 5.74) is -0.641. The fourth-order valence-electron chi connectivity index (χ4n) is 4.02. The molecule has 0 saturated carbocycles. The number of halogens is 3. The van der Waals surface area contributed by atoms with Crippen molar-refractivity contribution in [2.45, 2.75) is 50.1 Å². The van der Waals surface area contributed by atoms with Crippen molar-refractivity contribution in [2.24, 2.45) is 0 Å². The van der Waals surface area contributed by atoms with E-state index in [0.717, 1.165) is 8.95 Å². The minimum atomic E-state index is -0.299. The van der Waals surface area contributed by atoms with E-state index >= 15 is 0 Å². The van der Waals surface area contributed by atoms with Gasteiger partial charge in [0.25, 0.3) is 5.91 Å². The van der Waals surface area contributed by atoms with Gasteiger partial charge in [-0.05, 0) is 87.6 Å². The summed E-state index contributed by atoms with van der Waals surface area (Å²) in [6.45, 7) is 13.2. The van der Waals surface area contributed by atoms with Crippen molar-refractivity contribution in [3.63, 3.8) is 0 Å². The lowest BCUT2D eigenvalue weighted by molar-refractivity contribution is -0.169. The molecule has 4 unspecified atom stereocenters. The number of nitrogens with zero attached hydrogens (tertiary/aromatic N) is 3.